The van der Waals surface area contributed by atoms with Gasteiger partial charge in [-0.2, -0.15) is 0 Å². The molecule has 0 radical (unpaired) electrons. The quantitative estimate of drug-likeness (QED) is 0.847. The molecule has 0 saturated heterocycles. The summed E-state index contributed by atoms with van der Waals surface area (Å²) in [5.41, 5.74) is 4.02. The van der Waals surface area contributed by atoms with Gasteiger partial charge in [0.25, 0.3) is 0 Å². The van der Waals surface area contributed by atoms with Crippen molar-refractivity contribution in [1.29, 1.82) is 0 Å². The molecule has 0 aromatic carbocycles. The van der Waals surface area contributed by atoms with Crippen LogP contribution >= 0.6 is 0 Å². The third-order valence-electron chi connectivity index (χ3n) is 5.20. The van der Waals surface area contributed by atoms with Crippen LogP contribution in [0.25, 0.3) is 5.65 Å². The zero-order chi connectivity index (χ0) is 14.3. The Morgan fingerprint density at radius 2 is 2.25 bits per heavy atom. The zero-order valence-electron chi connectivity index (χ0n) is 12.9. The highest BCUT2D eigenvalue weighted by Crippen LogP contribution is 2.40. The second-order valence-corrected chi connectivity index (χ2v) is 6.56. The standard InChI is InChI=1S/C17H24N2O/c1-5-17(2,3)12-8-9-13-14(11-12)19-10-6-7-15(20-4)16(19)18-13/h6-7,10,12H,5,8-9,11H2,1-4H3. The highest BCUT2D eigenvalue weighted by molar-refractivity contribution is 5.56. The molecular formula is C17H24N2O. The number of aryl methyl sites for hydroxylation is 1. The molecule has 1 unspecified atom stereocenters. The summed E-state index contributed by atoms with van der Waals surface area (Å²) in [4.78, 5) is 4.80. The molecule has 0 amide bonds. The highest BCUT2D eigenvalue weighted by Gasteiger charge is 2.33. The molecule has 108 valence electrons. The number of hydrogen-bond acceptors (Lipinski definition) is 2. The van der Waals surface area contributed by atoms with Crippen LogP contribution in [-0.2, 0) is 12.8 Å². The Labute approximate surface area is 121 Å². The maximum Gasteiger partial charge on any atom is 0.180 e. The van der Waals surface area contributed by atoms with E-state index >= 15 is 0 Å². The van der Waals surface area contributed by atoms with Crippen LogP contribution < -0.4 is 4.74 Å². The minimum atomic E-state index is 0.403. The molecule has 20 heavy (non-hydrogen) atoms. The lowest BCUT2D eigenvalue weighted by Crippen LogP contribution is -2.29. The Morgan fingerprint density at radius 1 is 1.45 bits per heavy atom. The molecule has 1 atom stereocenters. The molecule has 3 rings (SSSR count). The Morgan fingerprint density at radius 3 is 2.95 bits per heavy atom. The van der Waals surface area contributed by atoms with Crippen LogP contribution in [-0.4, -0.2) is 16.5 Å². The second kappa shape index (κ2) is 4.80. The fourth-order valence-electron chi connectivity index (χ4n) is 3.32. The van der Waals surface area contributed by atoms with Crippen LogP contribution in [0.15, 0.2) is 18.3 Å². The monoisotopic (exact) mass is 272 g/mol. The largest absolute Gasteiger partial charge is 0.493 e. The van der Waals surface area contributed by atoms with Gasteiger partial charge in [0.05, 0.1) is 12.8 Å². The molecule has 3 nitrogen and oxygen atoms in total. The van der Waals surface area contributed by atoms with Gasteiger partial charge >= 0.3 is 0 Å². The molecule has 0 N–H and O–H groups in total. The summed E-state index contributed by atoms with van der Waals surface area (Å²) >= 11 is 0. The number of methoxy groups -OCH3 is 1. The number of imidazole rings is 1. The van der Waals surface area contributed by atoms with Gasteiger partial charge in [-0.05, 0) is 42.7 Å². The topological polar surface area (TPSA) is 26.5 Å². The summed E-state index contributed by atoms with van der Waals surface area (Å²) in [6, 6.07) is 4.03. The summed E-state index contributed by atoms with van der Waals surface area (Å²) in [6.45, 7) is 7.09. The summed E-state index contributed by atoms with van der Waals surface area (Å²) in [5, 5.41) is 0. The van der Waals surface area contributed by atoms with E-state index in [2.05, 4.69) is 31.4 Å². The van der Waals surface area contributed by atoms with E-state index in [0.717, 1.165) is 30.2 Å². The van der Waals surface area contributed by atoms with E-state index in [0.29, 0.717) is 5.41 Å². The first-order valence-electron chi connectivity index (χ1n) is 7.59. The van der Waals surface area contributed by atoms with Crippen molar-refractivity contribution in [2.24, 2.45) is 11.3 Å². The minimum Gasteiger partial charge on any atom is -0.493 e. The molecule has 0 aliphatic heterocycles. The number of rotatable bonds is 3. The van der Waals surface area contributed by atoms with Gasteiger partial charge in [-0.15, -0.1) is 0 Å². The molecule has 2 aromatic heterocycles. The van der Waals surface area contributed by atoms with Crippen molar-refractivity contribution in [3.05, 3.63) is 29.7 Å². The van der Waals surface area contributed by atoms with Crippen LogP contribution in [0.5, 0.6) is 5.75 Å². The van der Waals surface area contributed by atoms with Gasteiger partial charge in [-0.1, -0.05) is 27.2 Å². The minimum absolute atomic E-state index is 0.403. The van der Waals surface area contributed by atoms with Crippen molar-refractivity contribution in [3.63, 3.8) is 0 Å². The van der Waals surface area contributed by atoms with Crippen molar-refractivity contribution < 1.29 is 4.74 Å². The molecule has 2 aromatic rings. The lowest BCUT2D eigenvalue weighted by molar-refractivity contribution is 0.180. The fourth-order valence-corrected chi connectivity index (χ4v) is 3.32. The molecule has 1 aliphatic carbocycles. The number of fused-ring (bicyclic) bond motifs is 3. The van der Waals surface area contributed by atoms with Gasteiger partial charge in [-0.3, -0.25) is 0 Å². The molecule has 1 aliphatic rings. The van der Waals surface area contributed by atoms with Crippen molar-refractivity contribution in [1.82, 2.24) is 9.38 Å². The van der Waals surface area contributed by atoms with Gasteiger partial charge in [-0.25, -0.2) is 4.98 Å². The zero-order valence-corrected chi connectivity index (χ0v) is 12.9. The van der Waals surface area contributed by atoms with E-state index < -0.39 is 0 Å². The SMILES string of the molecule is CCC(C)(C)C1CCc2nc3c(OC)cccn3c2C1. The average Bonchev–Trinajstić information content (AvgIpc) is 2.84. The summed E-state index contributed by atoms with van der Waals surface area (Å²) < 4.78 is 7.67. The lowest BCUT2D eigenvalue weighted by atomic mass is 9.70. The van der Waals surface area contributed by atoms with Crippen molar-refractivity contribution in [2.75, 3.05) is 7.11 Å². The van der Waals surface area contributed by atoms with E-state index in [1.54, 1.807) is 7.11 Å². The first-order chi connectivity index (χ1) is 9.56. The van der Waals surface area contributed by atoms with Crippen molar-refractivity contribution in [2.45, 2.75) is 46.5 Å². The van der Waals surface area contributed by atoms with Gasteiger partial charge in [0.2, 0.25) is 0 Å². The van der Waals surface area contributed by atoms with Crippen LogP contribution in [0.3, 0.4) is 0 Å². The van der Waals surface area contributed by atoms with Crippen LogP contribution in [0, 0.1) is 11.3 Å². The van der Waals surface area contributed by atoms with Crippen molar-refractivity contribution in [3.8, 4) is 5.75 Å². The van der Waals surface area contributed by atoms with Gasteiger partial charge in [0.15, 0.2) is 11.4 Å². The third-order valence-corrected chi connectivity index (χ3v) is 5.20. The maximum absolute atomic E-state index is 5.44. The van der Waals surface area contributed by atoms with E-state index in [-0.39, 0.29) is 0 Å². The van der Waals surface area contributed by atoms with Crippen molar-refractivity contribution >= 4 is 5.65 Å². The molecule has 3 heteroatoms. The molecule has 0 bridgehead atoms. The number of aromatic nitrogens is 2. The summed E-state index contributed by atoms with van der Waals surface area (Å²) in [6.07, 6.45) is 6.82. The molecule has 2 heterocycles. The Balaban J connectivity index is 2.05. The third kappa shape index (κ3) is 2.00. The second-order valence-electron chi connectivity index (χ2n) is 6.56. The maximum atomic E-state index is 5.44. The predicted octanol–water partition coefficient (Wildman–Crippen LogP) is 3.88. The van der Waals surface area contributed by atoms with Gasteiger partial charge in [0.1, 0.15) is 0 Å². The first kappa shape index (κ1) is 13.5. The summed E-state index contributed by atoms with van der Waals surface area (Å²) in [5.74, 6) is 1.61. The van der Waals surface area contributed by atoms with Gasteiger partial charge < -0.3 is 9.14 Å². The number of nitrogens with zero attached hydrogens (tertiary/aromatic N) is 2. The summed E-state index contributed by atoms with van der Waals surface area (Å²) in [7, 11) is 1.71. The Hall–Kier alpha value is -1.51. The molecule has 0 fully saturated rings. The van der Waals surface area contributed by atoms with Gasteiger partial charge in [0, 0.05) is 11.9 Å². The van der Waals surface area contributed by atoms with Crippen LogP contribution in [0.2, 0.25) is 0 Å². The Kier molecular flexibility index (Phi) is 3.23. The lowest BCUT2D eigenvalue weighted by Gasteiger charge is -2.36. The van der Waals surface area contributed by atoms with Crippen LogP contribution in [0.1, 0.15) is 45.0 Å². The fraction of sp³-hybridized carbons (Fsp3) is 0.588. The molecular weight excluding hydrogens is 248 g/mol. The average molecular weight is 272 g/mol. The van der Waals surface area contributed by atoms with E-state index in [9.17, 15) is 0 Å². The normalized spacial score (nSPS) is 19.1. The van der Waals surface area contributed by atoms with E-state index in [4.69, 9.17) is 9.72 Å². The smallest absolute Gasteiger partial charge is 0.180 e. The highest BCUT2D eigenvalue weighted by atomic mass is 16.5. The molecule has 0 spiro atoms. The van der Waals surface area contributed by atoms with E-state index in [1.807, 2.05) is 12.1 Å². The number of hydrogen-bond donors (Lipinski definition) is 0. The van der Waals surface area contributed by atoms with E-state index in [1.165, 1.54) is 24.2 Å². The number of ether oxygens (including phenoxy) is 1. The first-order valence-corrected chi connectivity index (χ1v) is 7.59. The van der Waals surface area contributed by atoms with Crippen LogP contribution in [0.4, 0.5) is 0 Å². The predicted molar refractivity (Wildman–Crippen MR) is 81.3 cm³/mol. The molecule has 0 saturated carbocycles. The Bertz CT molecular complexity index is 627. The number of pyridine rings is 1.